The lowest BCUT2D eigenvalue weighted by Crippen LogP contribution is -2.21. The maximum absolute atomic E-state index is 11.5. The van der Waals surface area contributed by atoms with Gasteiger partial charge in [0.25, 0.3) is 11.8 Å². The molecule has 84 valence electrons. The summed E-state index contributed by atoms with van der Waals surface area (Å²) in [4.78, 5) is 11.5. The molecule has 0 saturated heterocycles. The minimum Gasteiger partial charge on any atom is -0.479 e. The van der Waals surface area contributed by atoms with Gasteiger partial charge in [0.1, 0.15) is 5.76 Å². The second-order valence-corrected chi connectivity index (χ2v) is 3.00. The Morgan fingerprint density at radius 3 is 3.12 bits per heavy atom. The molecule has 2 aromatic rings. The van der Waals surface area contributed by atoms with Crippen molar-refractivity contribution in [2.24, 2.45) is 0 Å². The van der Waals surface area contributed by atoms with E-state index in [2.05, 4.69) is 10.5 Å². The molecule has 2 heterocycles. The van der Waals surface area contributed by atoms with Crippen molar-refractivity contribution in [1.29, 1.82) is 0 Å². The second-order valence-electron chi connectivity index (χ2n) is 3.00. The predicted molar refractivity (Wildman–Crippen MR) is 52.9 cm³/mol. The Labute approximate surface area is 91.2 Å². The number of furan rings is 1. The Morgan fingerprint density at radius 2 is 2.50 bits per heavy atom. The molecule has 0 saturated carbocycles. The van der Waals surface area contributed by atoms with Gasteiger partial charge in [-0.1, -0.05) is 0 Å². The van der Waals surface area contributed by atoms with E-state index in [0.717, 1.165) is 0 Å². The zero-order valence-electron chi connectivity index (χ0n) is 8.60. The van der Waals surface area contributed by atoms with Gasteiger partial charge >= 0.3 is 0 Å². The number of hydrogen-bond acceptors (Lipinski definition) is 5. The molecule has 0 unspecified atom stereocenters. The average molecular weight is 222 g/mol. The average Bonchev–Trinajstić information content (AvgIpc) is 2.96. The molecule has 0 aliphatic rings. The molecule has 1 N–H and O–H groups in total. The van der Waals surface area contributed by atoms with Crippen molar-refractivity contribution < 1.29 is 18.5 Å². The molecular formula is C10H10N2O4. The van der Waals surface area contributed by atoms with Crippen LogP contribution in [-0.2, 0) is 6.54 Å². The van der Waals surface area contributed by atoms with Crippen molar-refractivity contribution in [3.05, 3.63) is 36.0 Å². The molecule has 0 aromatic carbocycles. The number of hydrogen-bond donors (Lipinski definition) is 1. The number of nitrogens with one attached hydrogen (secondary N) is 1. The molecule has 2 aromatic heterocycles. The second kappa shape index (κ2) is 4.52. The summed E-state index contributed by atoms with van der Waals surface area (Å²) in [5, 5.41) is 6.14. The molecule has 0 atom stereocenters. The Morgan fingerprint density at radius 1 is 1.62 bits per heavy atom. The van der Waals surface area contributed by atoms with Crippen LogP contribution in [0.3, 0.4) is 0 Å². The lowest BCUT2D eigenvalue weighted by molar-refractivity contribution is 0.0910. The molecule has 0 aliphatic carbocycles. The zero-order valence-corrected chi connectivity index (χ0v) is 8.60. The van der Waals surface area contributed by atoms with Gasteiger partial charge in [0.2, 0.25) is 5.76 Å². The van der Waals surface area contributed by atoms with Gasteiger partial charge < -0.3 is 19.0 Å². The molecule has 2 rings (SSSR count). The van der Waals surface area contributed by atoms with Crippen LogP contribution in [0, 0.1) is 0 Å². The Hall–Kier alpha value is -2.24. The van der Waals surface area contributed by atoms with E-state index in [1.165, 1.54) is 13.2 Å². The van der Waals surface area contributed by atoms with Crippen LogP contribution in [0.4, 0.5) is 0 Å². The molecule has 6 nitrogen and oxygen atoms in total. The van der Waals surface area contributed by atoms with Crippen molar-refractivity contribution in [2.75, 3.05) is 7.11 Å². The number of methoxy groups -OCH3 is 1. The maximum atomic E-state index is 11.5. The minimum atomic E-state index is -0.368. The predicted octanol–water partition coefficient (Wildman–Crippen LogP) is 1.21. The summed E-state index contributed by atoms with van der Waals surface area (Å²) in [7, 11) is 1.45. The smallest absolute Gasteiger partial charge is 0.290 e. The molecular weight excluding hydrogens is 212 g/mol. The molecule has 0 radical (unpaired) electrons. The van der Waals surface area contributed by atoms with Gasteiger partial charge in [0, 0.05) is 0 Å². The zero-order chi connectivity index (χ0) is 11.4. The number of carbonyl (C=O) groups excluding carboxylic acids is 1. The summed E-state index contributed by atoms with van der Waals surface area (Å²) in [6.45, 7) is 0.300. The van der Waals surface area contributed by atoms with Gasteiger partial charge in [-0.2, -0.15) is 0 Å². The van der Waals surface area contributed by atoms with Crippen LogP contribution in [0.2, 0.25) is 0 Å². The normalized spacial score (nSPS) is 10.1. The number of rotatable bonds is 4. The van der Waals surface area contributed by atoms with E-state index in [-0.39, 0.29) is 17.5 Å². The lowest BCUT2D eigenvalue weighted by atomic mass is 10.4. The third-order valence-corrected chi connectivity index (χ3v) is 1.92. The van der Waals surface area contributed by atoms with E-state index in [4.69, 9.17) is 13.7 Å². The van der Waals surface area contributed by atoms with E-state index in [9.17, 15) is 4.79 Å². The number of ether oxygens (including phenoxy) is 1. The summed E-state index contributed by atoms with van der Waals surface area (Å²) >= 11 is 0. The van der Waals surface area contributed by atoms with Crippen LogP contribution in [0.25, 0.3) is 0 Å². The Balaban J connectivity index is 1.93. The molecule has 0 spiro atoms. The highest BCUT2D eigenvalue weighted by molar-refractivity contribution is 5.91. The fraction of sp³-hybridized carbons (Fsp3) is 0.200. The van der Waals surface area contributed by atoms with E-state index in [1.54, 1.807) is 18.4 Å². The molecule has 1 amide bonds. The van der Waals surface area contributed by atoms with Crippen molar-refractivity contribution in [2.45, 2.75) is 6.54 Å². The van der Waals surface area contributed by atoms with Gasteiger partial charge in [-0.05, 0) is 17.3 Å². The van der Waals surface area contributed by atoms with Gasteiger partial charge in [-0.15, -0.1) is 0 Å². The summed E-state index contributed by atoms with van der Waals surface area (Å²) < 4.78 is 14.6. The Bertz CT molecular complexity index is 461. The van der Waals surface area contributed by atoms with E-state index >= 15 is 0 Å². The first-order valence-corrected chi connectivity index (χ1v) is 4.61. The third-order valence-electron chi connectivity index (χ3n) is 1.92. The monoisotopic (exact) mass is 222 g/mol. The topological polar surface area (TPSA) is 77.5 Å². The minimum absolute atomic E-state index is 0.100. The Kier molecular flexibility index (Phi) is 2.90. The first-order valence-electron chi connectivity index (χ1n) is 4.61. The highest BCUT2D eigenvalue weighted by Crippen LogP contribution is 2.10. The van der Waals surface area contributed by atoms with Crippen LogP contribution in [0.1, 0.15) is 16.3 Å². The van der Waals surface area contributed by atoms with Crippen LogP contribution in [-0.4, -0.2) is 18.2 Å². The van der Waals surface area contributed by atoms with Gasteiger partial charge in [0.05, 0.1) is 26.0 Å². The largest absolute Gasteiger partial charge is 0.479 e. The first-order chi connectivity index (χ1) is 7.79. The number of nitrogens with zero attached hydrogens (tertiary/aromatic N) is 1. The molecule has 0 aliphatic heterocycles. The van der Waals surface area contributed by atoms with Gasteiger partial charge in [-0.25, -0.2) is 0 Å². The van der Waals surface area contributed by atoms with Gasteiger partial charge in [0.15, 0.2) is 0 Å². The molecule has 0 bridgehead atoms. The van der Waals surface area contributed by atoms with Crippen LogP contribution in [0.15, 0.2) is 33.4 Å². The maximum Gasteiger partial charge on any atom is 0.290 e. The highest BCUT2D eigenvalue weighted by atomic mass is 16.5. The standard InChI is InChI=1S/C10H10N2O4/c1-14-9-5-8(16-12-9)10(13)11-6-7-3-2-4-15-7/h2-5H,6H2,1H3,(H,11,13). The van der Waals surface area contributed by atoms with E-state index in [0.29, 0.717) is 12.3 Å². The molecule has 0 fully saturated rings. The summed E-state index contributed by atoms with van der Waals surface area (Å²) in [5.41, 5.74) is 0. The fourth-order valence-corrected chi connectivity index (χ4v) is 1.13. The van der Waals surface area contributed by atoms with Crippen molar-refractivity contribution in [3.63, 3.8) is 0 Å². The first kappa shape index (κ1) is 10.3. The van der Waals surface area contributed by atoms with E-state index in [1.807, 2.05) is 0 Å². The molecule has 6 heteroatoms. The summed E-state index contributed by atoms with van der Waals surface area (Å²) in [5.74, 6) is 0.665. The third kappa shape index (κ3) is 2.22. The fourth-order valence-electron chi connectivity index (χ4n) is 1.13. The van der Waals surface area contributed by atoms with E-state index < -0.39 is 0 Å². The SMILES string of the molecule is COc1cc(C(=O)NCc2ccco2)on1. The number of carbonyl (C=O) groups is 1. The quantitative estimate of drug-likeness (QED) is 0.841. The van der Waals surface area contributed by atoms with Crippen molar-refractivity contribution in [1.82, 2.24) is 10.5 Å². The number of amides is 1. The van der Waals surface area contributed by atoms with Crippen LogP contribution in [0.5, 0.6) is 5.88 Å². The summed E-state index contributed by atoms with van der Waals surface area (Å²) in [6, 6.07) is 4.93. The van der Waals surface area contributed by atoms with Crippen molar-refractivity contribution >= 4 is 5.91 Å². The lowest BCUT2D eigenvalue weighted by Gasteiger charge is -1.98. The van der Waals surface area contributed by atoms with Crippen LogP contribution >= 0.6 is 0 Å². The van der Waals surface area contributed by atoms with Crippen LogP contribution < -0.4 is 10.1 Å². The summed E-state index contributed by atoms with van der Waals surface area (Å²) in [6.07, 6.45) is 1.54. The number of aromatic nitrogens is 1. The van der Waals surface area contributed by atoms with Crippen molar-refractivity contribution in [3.8, 4) is 5.88 Å². The van der Waals surface area contributed by atoms with Gasteiger partial charge in [-0.3, -0.25) is 4.79 Å². The molecule has 16 heavy (non-hydrogen) atoms. The highest BCUT2D eigenvalue weighted by Gasteiger charge is 2.13.